The van der Waals surface area contributed by atoms with E-state index in [0.717, 1.165) is 0 Å². The topological polar surface area (TPSA) is 111 Å². The highest BCUT2D eigenvalue weighted by Crippen LogP contribution is 2.24. The van der Waals surface area contributed by atoms with Gasteiger partial charge in [0.25, 0.3) is 0 Å². The van der Waals surface area contributed by atoms with Gasteiger partial charge in [0, 0.05) is 4.47 Å². The highest BCUT2D eigenvalue weighted by Gasteiger charge is 2.23. The minimum Gasteiger partial charge on any atom is -0.490 e. The molecule has 1 rings (SSSR count). The van der Waals surface area contributed by atoms with Crippen LogP contribution in [-0.2, 0) is 14.3 Å². The van der Waals surface area contributed by atoms with Gasteiger partial charge in [0.2, 0.25) is 0 Å². The molecule has 0 aliphatic rings. The van der Waals surface area contributed by atoms with Crippen molar-refractivity contribution < 1.29 is 33.7 Å². The van der Waals surface area contributed by atoms with E-state index in [1.165, 1.54) is 19.2 Å². The van der Waals surface area contributed by atoms with Crippen molar-refractivity contribution >= 4 is 34.0 Å². The first-order chi connectivity index (χ1) is 12.0. The van der Waals surface area contributed by atoms with E-state index in [4.69, 9.17) is 9.47 Å². The van der Waals surface area contributed by atoms with Gasteiger partial charge in [0.15, 0.2) is 0 Å². The fourth-order valence-electron chi connectivity index (χ4n) is 1.89. The molecule has 0 aliphatic heterocycles. The van der Waals surface area contributed by atoms with Crippen LogP contribution < -0.4 is 10.1 Å². The van der Waals surface area contributed by atoms with Crippen LogP contribution in [0.3, 0.4) is 0 Å². The molecule has 0 fully saturated rings. The predicted molar refractivity (Wildman–Crippen MR) is 96.4 cm³/mol. The predicted octanol–water partition coefficient (Wildman–Crippen LogP) is 2.98. The van der Waals surface area contributed by atoms with E-state index >= 15 is 0 Å². The zero-order chi connectivity index (χ0) is 19.9. The molecule has 1 unspecified atom stereocenters. The Labute approximate surface area is 159 Å². The number of halogens is 1. The van der Waals surface area contributed by atoms with Crippen molar-refractivity contribution in [1.82, 2.24) is 5.32 Å². The molecule has 8 nitrogen and oxygen atoms in total. The van der Waals surface area contributed by atoms with E-state index in [0.29, 0.717) is 4.47 Å². The molecule has 0 saturated carbocycles. The molecular weight excluding hydrogens is 410 g/mol. The number of carboxylic acid groups (broad SMARTS) is 1. The molecule has 0 bridgehead atoms. The van der Waals surface area contributed by atoms with Crippen LogP contribution in [0, 0.1) is 0 Å². The largest absolute Gasteiger partial charge is 0.490 e. The van der Waals surface area contributed by atoms with Gasteiger partial charge in [-0.1, -0.05) is 15.9 Å². The Balaban J connectivity index is 2.86. The van der Waals surface area contributed by atoms with Crippen LogP contribution in [-0.4, -0.2) is 48.5 Å². The molecule has 1 aromatic rings. The lowest BCUT2D eigenvalue weighted by molar-refractivity contribution is -0.141. The number of aromatic carboxylic acids is 1. The zero-order valence-electron chi connectivity index (χ0n) is 15.0. The summed E-state index contributed by atoms with van der Waals surface area (Å²) in [5.41, 5.74) is -0.746. The molecule has 0 heterocycles. The molecule has 144 valence electrons. The fourth-order valence-corrected chi connectivity index (χ4v) is 2.23. The van der Waals surface area contributed by atoms with Crippen LogP contribution in [0.15, 0.2) is 22.7 Å². The van der Waals surface area contributed by atoms with E-state index in [1.54, 1.807) is 26.8 Å². The minimum absolute atomic E-state index is 0.0395. The van der Waals surface area contributed by atoms with Gasteiger partial charge in [-0.25, -0.2) is 9.59 Å². The minimum atomic E-state index is -1.16. The lowest BCUT2D eigenvalue weighted by Gasteiger charge is -2.23. The zero-order valence-corrected chi connectivity index (χ0v) is 16.6. The van der Waals surface area contributed by atoms with Crippen molar-refractivity contribution in [2.24, 2.45) is 0 Å². The maximum absolute atomic E-state index is 11.9. The molecule has 0 radical (unpaired) electrons. The average molecular weight is 432 g/mol. The van der Waals surface area contributed by atoms with Crippen LogP contribution in [0.4, 0.5) is 4.79 Å². The highest BCUT2D eigenvalue weighted by molar-refractivity contribution is 9.10. The number of ether oxygens (including phenoxy) is 3. The van der Waals surface area contributed by atoms with Gasteiger partial charge in [-0.2, -0.15) is 0 Å². The number of esters is 1. The van der Waals surface area contributed by atoms with Gasteiger partial charge in [-0.05, 0) is 39.0 Å². The van der Waals surface area contributed by atoms with Gasteiger partial charge in [-0.15, -0.1) is 0 Å². The van der Waals surface area contributed by atoms with Crippen LogP contribution in [0.5, 0.6) is 5.75 Å². The van der Waals surface area contributed by atoms with E-state index in [9.17, 15) is 19.5 Å². The third-order valence-electron chi connectivity index (χ3n) is 2.98. The van der Waals surface area contributed by atoms with E-state index in [2.05, 4.69) is 26.0 Å². The number of carbonyl (C=O) groups excluding carboxylic acids is 2. The van der Waals surface area contributed by atoms with E-state index in [-0.39, 0.29) is 24.3 Å². The Kier molecular flexibility index (Phi) is 7.88. The molecule has 0 spiro atoms. The lowest BCUT2D eigenvalue weighted by atomic mass is 10.2. The standard InChI is InChI=1S/C17H22BrNO7/c1-17(2,3)26-16(23)19-11(8-14(20)24-4)9-25-13-7-10(18)5-6-12(13)15(21)22/h5-7,11H,8-9H2,1-4H3,(H,19,23)(H,21,22). The van der Waals surface area contributed by atoms with E-state index < -0.39 is 29.7 Å². The van der Waals surface area contributed by atoms with Crippen LogP contribution in [0.1, 0.15) is 37.6 Å². The second-order valence-corrected chi connectivity index (χ2v) is 7.30. The number of methoxy groups -OCH3 is 1. The summed E-state index contributed by atoms with van der Waals surface area (Å²) >= 11 is 3.24. The fraction of sp³-hybridized carbons (Fsp3) is 0.471. The second kappa shape index (κ2) is 9.42. The highest BCUT2D eigenvalue weighted by atomic mass is 79.9. The van der Waals surface area contributed by atoms with Gasteiger partial charge in [0.1, 0.15) is 23.5 Å². The summed E-state index contributed by atoms with van der Waals surface area (Å²) in [7, 11) is 1.23. The molecule has 1 atom stereocenters. The quantitative estimate of drug-likeness (QED) is 0.638. The molecular formula is C17H22BrNO7. The first-order valence-corrected chi connectivity index (χ1v) is 8.53. The summed E-state index contributed by atoms with van der Waals surface area (Å²) in [6.07, 6.45) is -0.880. The number of hydrogen-bond acceptors (Lipinski definition) is 6. The van der Waals surface area contributed by atoms with Gasteiger partial charge >= 0.3 is 18.0 Å². The summed E-state index contributed by atoms with van der Waals surface area (Å²) in [4.78, 5) is 34.8. The number of carboxylic acids is 1. The molecule has 0 aliphatic carbocycles. The molecule has 0 saturated heterocycles. The summed E-state index contributed by atoms with van der Waals surface area (Å²) in [5.74, 6) is -1.60. The van der Waals surface area contributed by atoms with Gasteiger partial charge < -0.3 is 24.6 Å². The van der Waals surface area contributed by atoms with Crippen molar-refractivity contribution in [3.8, 4) is 5.75 Å². The summed E-state index contributed by atoms with van der Waals surface area (Å²) in [6, 6.07) is 3.68. The monoisotopic (exact) mass is 431 g/mol. The summed E-state index contributed by atoms with van der Waals surface area (Å²) in [5, 5.41) is 11.7. The Morgan fingerprint density at radius 1 is 1.27 bits per heavy atom. The Hall–Kier alpha value is -2.29. The second-order valence-electron chi connectivity index (χ2n) is 6.38. The van der Waals surface area contributed by atoms with Crippen LogP contribution in [0.2, 0.25) is 0 Å². The molecule has 9 heteroatoms. The third-order valence-corrected chi connectivity index (χ3v) is 3.47. The Morgan fingerprint density at radius 2 is 1.92 bits per heavy atom. The number of alkyl carbamates (subject to hydrolysis) is 1. The van der Waals surface area contributed by atoms with Crippen LogP contribution in [0.25, 0.3) is 0 Å². The van der Waals surface area contributed by atoms with Crippen molar-refractivity contribution in [3.05, 3.63) is 28.2 Å². The first-order valence-electron chi connectivity index (χ1n) is 7.74. The number of benzene rings is 1. The molecule has 1 amide bonds. The SMILES string of the molecule is COC(=O)CC(COc1cc(Br)ccc1C(=O)O)NC(=O)OC(C)(C)C. The average Bonchev–Trinajstić information content (AvgIpc) is 2.50. The first kappa shape index (κ1) is 21.8. The van der Waals surface area contributed by atoms with Crippen molar-refractivity contribution in [2.45, 2.75) is 38.8 Å². The summed E-state index contributed by atoms with van der Waals surface area (Å²) in [6.45, 7) is 4.97. The number of carbonyl (C=O) groups is 3. The third kappa shape index (κ3) is 7.73. The number of hydrogen-bond donors (Lipinski definition) is 2. The number of nitrogens with one attached hydrogen (secondary N) is 1. The molecule has 1 aromatic carbocycles. The Bertz CT molecular complexity index is 670. The smallest absolute Gasteiger partial charge is 0.408 e. The lowest BCUT2D eigenvalue weighted by Crippen LogP contribution is -2.43. The molecule has 26 heavy (non-hydrogen) atoms. The van der Waals surface area contributed by atoms with Gasteiger partial charge in [0.05, 0.1) is 19.6 Å². The van der Waals surface area contributed by atoms with Crippen molar-refractivity contribution in [3.63, 3.8) is 0 Å². The maximum atomic E-state index is 11.9. The van der Waals surface area contributed by atoms with Crippen molar-refractivity contribution in [1.29, 1.82) is 0 Å². The molecule has 0 aromatic heterocycles. The normalized spacial score (nSPS) is 12.0. The molecule has 2 N–H and O–H groups in total. The van der Waals surface area contributed by atoms with Crippen LogP contribution >= 0.6 is 15.9 Å². The van der Waals surface area contributed by atoms with E-state index in [1.807, 2.05) is 0 Å². The maximum Gasteiger partial charge on any atom is 0.408 e. The Morgan fingerprint density at radius 3 is 2.46 bits per heavy atom. The van der Waals surface area contributed by atoms with Gasteiger partial charge in [-0.3, -0.25) is 4.79 Å². The van der Waals surface area contributed by atoms with Crippen molar-refractivity contribution in [2.75, 3.05) is 13.7 Å². The number of amides is 1. The summed E-state index contributed by atoms with van der Waals surface area (Å²) < 4.78 is 15.9. The number of rotatable bonds is 7.